The minimum Gasteiger partial charge on any atom is -0.490 e. The first-order valence-corrected chi connectivity index (χ1v) is 11.3. The van der Waals surface area contributed by atoms with Gasteiger partial charge >= 0.3 is 6.09 Å². The number of halogens is 1. The molecule has 1 aliphatic heterocycles. The zero-order valence-electron chi connectivity index (χ0n) is 16.6. The number of piperidine rings is 1. The number of amides is 1. The maximum absolute atomic E-state index is 13.2. The first-order valence-electron chi connectivity index (χ1n) is 9.69. The molecule has 0 radical (unpaired) electrons. The van der Waals surface area contributed by atoms with E-state index in [0.717, 1.165) is 0 Å². The Morgan fingerprint density at radius 2 is 1.90 bits per heavy atom. The number of nitrogens with one attached hydrogen (secondary N) is 1. The summed E-state index contributed by atoms with van der Waals surface area (Å²) in [6.07, 6.45) is -0.444. The zero-order valence-corrected chi connectivity index (χ0v) is 17.4. The van der Waals surface area contributed by atoms with Crippen molar-refractivity contribution >= 4 is 16.1 Å². The second kappa shape index (κ2) is 9.44. The van der Waals surface area contributed by atoms with Crippen LogP contribution < -0.4 is 10.1 Å². The van der Waals surface area contributed by atoms with Gasteiger partial charge in [0.05, 0.1) is 11.8 Å². The summed E-state index contributed by atoms with van der Waals surface area (Å²) in [5.74, 6) is -0.0949. The molecular weight excluding hydrogens is 411 g/mol. The topological polar surface area (TPSA) is 95.9 Å². The minimum absolute atomic E-state index is 0.164. The molecule has 7 nitrogen and oxygen atoms in total. The second-order valence-electron chi connectivity index (χ2n) is 7.32. The van der Waals surface area contributed by atoms with E-state index in [4.69, 9.17) is 9.84 Å². The highest BCUT2D eigenvalue weighted by atomic mass is 32.2. The Kier molecular flexibility index (Phi) is 6.94. The summed E-state index contributed by atoms with van der Waals surface area (Å²) >= 11 is 0. The van der Waals surface area contributed by atoms with Crippen molar-refractivity contribution in [3.05, 3.63) is 65.5 Å². The van der Waals surface area contributed by atoms with E-state index in [-0.39, 0.29) is 30.8 Å². The fraction of sp³-hybridized carbons (Fsp3) is 0.381. The van der Waals surface area contributed by atoms with Crippen LogP contribution in [-0.2, 0) is 10.0 Å². The van der Waals surface area contributed by atoms with Crippen molar-refractivity contribution in [3.63, 3.8) is 0 Å². The summed E-state index contributed by atoms with van der Waals surface area (Å²) in [5.41, 5.74) is 1.28. The van der Waals surface area contributed by atoms with Gasteiger partial charge in [0.15, 0.2) is 0 Å². The lowest BCUT2D eigenvalue weighted by Crippen LogP contribution is -2.45. The molecule has 30 heavy (non-hydrogen) atoms. The fourth-order valence-corrected chi connectivity index (χ4v) is 5.20. The van der Waals surface area contributed by atoms with E-state index in [2.05, 4.69) is 5.32 Å². The summed E-state index contributed by atoms with van der Waals surface area (Å²) in [6.45, 7) is 2.32. The van der Waals surface area contributed by atoms with Gasteiger partial charge in [-0.05, 0) is 49.1 Å². The molecule has 0 unspecified atom stereocenters. The normalized spacial score (nSPS) is 16.7. The molecule has 1 aliphatic rings. The average molecular weight is 437 g/mol. The van der Waals surface area contributed by atoms with E-state index in [1.54, 1.807) is 43.3 Å². The third kappa shape index (κ3) is 5.70. The fourth-order valence-electron chi connectivity index (χ4n) is 3.52. The molecule has 0 aliphatic carbocycles. The van der Waals surface area contributed by atoms with Gasteiger partial charge in [-0.3, -0.25) is 0 Å². The van der Waals surface area contributed by atoms with Crippen molar-refractivity contribution in [2.75, 3.05) is 18.8 Å². The monoisotopic (exact) mass is 436 g/mol. The predicted octanol–water partition coefficient (Wildman–Crippen LogP) is 3.32. The molecule has 0 aromatic heterocycles. The first-order chi connectivity index (χ1) is 14.2. The highest BCUT2D eigenvalue weighted by Crippen LogP contribution is 2.25. The summed E-state index contributed by atoms with van der Waals surface area (Å²) in [7, 11) is -3.68. The molecule has 0 bridgehead atoms. The zero-order chi connectivity index (χ0) is 21.7. The third-order valence-electron chi connectivity index (χ3n) is 5.10. The molecule has 9 heteroatoms. The number of hydrogen-bond acceptors (Lipinski definition) is 4. The van der Waals surface area contributed by atoms with Gasteiger partial charge in [-0.15, -0.1) is 0 Å². The van der Waals surface area contributed by atoms with E-state index < -0.39 is 22.2 Å². The number of carbonyl (C=O) groups is 1. The van der Waals surface area contributed by atoms with Crippen molar-refractivity contribution < 1.29 is 27.4 Å². The Balaban J connectivity index is 1.62. The first kappa shape index (κ1) is 22.0. The largest absolute Gasteiger partial charge is 0.490 e. The maximum atomic E-state index is 13.2. The SMILES string of the molecule is Cc1cc(F)ccc1OC1CCN(S(=O)(=O)C[C@H](NC(=O)O)c2ccccc2)CC1. The van der Waals surface area contributed by atoms with Crippen LogP contribution in [0.15, 0.2) is 48.5 Å². The van der Waals surface area contributed by atoms with Gasteiger partial charge in [0.2, 0.25) is 10.0 Å². The van der Waals surface area contributed by atoms with Crippen LogP contribution in [0.2, 0.25) is 0 Å². The maximum Gasteiger partial charge on any atom is 0.405 e. The van der Waals surface area contributed by atoms with Gasteiger partial charge in [0.25, 0.3) is 0 Å². The lowest BCUT2D eigenvalue weighted by atomic mass is 10.1. The molecule has 2 aromatic rings. The van der Waals surface area contributed by atoms with Crippen LogP contribution >= 0.6 is 0 Å². The van der Waals surface area contributed by atoms with E-state index in [1.165, 1.54) is 16.4 Å². The minimum atomic E-state index is -3.68. The number of hydrogen-bond donors (Lipinski definition) is 2. The summed E-state index contributed by atoms with van der Waals surface area (Å²) in [4.78, 5) is 11.2. The van der Waals surface area contributed by atoms with Gasteiger partial charge in [0.1, 0.15) is 17.7 Å². The molecule has 1 heterocycles. The quantitative estimate of drug-likeness (QED) is 0.694. The van der Waals surface area contributed by atoms with Crippen LogP contribution in [0.25, 0.3) is 0 Å². The van der Waals surface area contributed by atoms with E-state index in [9.17, 15) is 17.6 Å². The van der Waals surface area contributed by atoms with Gasteiger partial charge in [0, 0.05) is 13.1 Å². The third-order valence-corrected chi connectivity index (χ3v) is 7.01. The van der Waals surface area contributed by atoms with Crippen LogP contribution in [0.4, 0.5) is 9.18 Å². The molecule has 1 amide bonds. The summed E-state index contributed by atoms with van der Waals surface area (Å²) in [6, 6.07) is 12.1. The van der Waals surface area contributed by atoms with E-state index in [1.807, 2.05) is 0 Å². The van der Waals surface area contributed by atoms with Crippen LogP contribution in [0, 0.1) is 12.7 Å². The van der Waals surface area contributed by atoms with Crippen molar-refractivity contribution in [1.29, 1.82) is 0 Å². The van der Waals surface area contributed by atoms with Gasteiger partial charge < -0.3 is 15.2 Å². The summed E-state index contributed by atoms with van der Waals surface area (Å²) in [5, 5.41) is 11.4. The molecule has 1 saturated heterocycles. The van der Waals surface area contributed by atoms with E-state index >= 15 is 0 Å². The molecular formula is C21H25FN2O5S. The molecule has 3 rings (SSSR count). The van der Waals surface area contributed by atoms with Crippen molar-refractivity contribution in [3.8, 4) is 5.75 Å². The van der Waals surface area contributed by atoms with Crippen molar-refractivity contribution in [2.45, 2.75) is 31.9 Å². The number of sulfonamides is 1. The predicted molar refractivity (Wildman–Crippen MR) is 110 cm³/mol. The number of carboxylic acid groups (broad SMARTS) is 1. The average Bonchev–Trinajstić information content (AvgIpc) is 2.70. The Labute approximate surface area is 175 Å². The molecule has 162 valence electrons. The highest BCUT2D eigenvalue weighted by Gasteiger charge is 2.32. The van der Waals surface area contributed by atoms with Crippen LogP contribution in [0.1, 0.15) is 30.0 Å². The molecule has 1 atom stereocenters. The van der Waals surface area contributed by atoms with Crippen LogP contribution in [0.5, 0.6) is 5.75 Å². The Morgan fingerprint density at radius 1 is 1.23 bits per heavy atom. The number of ether oxygens (including phenoxy) is 1. The van der Waals surface area contributed by atoms with Crippen molar-refractivity contribution in [2.24, 2.45) is 0 Å². The van der Waals surface area contributed by atoms with Crippen LogP contribution in [-0.4, -0.2) is 48.9 Å². The number of rotatable bonds is 7. The lowest BCUT2D eigenvalue weighted by Gasteiger charge is -2.32. The standard InChI is InChI=1S/C21H25FN2O5S/c1-15-13-17(22)7-8-20(15)29-18-9-11-24(12-10-18)30(27,28)14-19(23-21(25)26)16-5-3-2-4-6-16/h2-8,13,18-19,23H,9-12,14H2,1H3,(H,25,26)/t19-/m0/s1. The number of aryl methyl sites for hydroxylation is 1. The molecule has 2 aromatic carbocycles. The second-order valence-corrected chi connectivity index (χ2v) is 9.33. The molecule has 0 saturated carbocycles. The Bertz CT molecular complexity index is 976. The smallest absolute Gasteiger partial charge is 0.405 e. The molecule has 1 fully saturated rings. The summed E-state index contributed by atoms with van der Waals surface area (Å²) < 4.78 is 46.4. The van der Waals surface area contributed by atoms with Gasteiger partial charge in [-0.1, -0.05) is 30.3 Å². The van der Waals surface area contributed by atoms with E-state index in [0.29, 0.717) is 29.7 Å². The Morgan fingerprint density at radius 3 is 2.50 bits per heavy atom. The highest BCUT2D eigenvalue weighted by molar-refractivity contribution is 7.89. The van der Waals surface area contributed by atoms with Crippen molar-refractivity contribution in [1.82, 2.24) is 9.62 Å². The molecule has 0 spiro atoms. The number of benzene rings is 2. The number of nitrogens with zero attached hydrogens (tertiary/aromatic N) is 1. The lowest BCUT2D eigenvalue weighted by molar-refractivity contribution is 0.134. The molecule has 2 N–H and O–H groups in total. The van der Waals surface area contributed by atoms with Gasteiger partial charge in [-0.25, -0.2) is 21.9 Å². The van der Waals surface area contributed by atoms with Crippen LogP contribution in [0.3, 0.4) is 0 Å². The van der Waals surface area contributed by atoms with Gasteiger partial charge in [-0.2, -0.15) is 0 Å². The Hall–Kier alpha value is -2.65.